The Kier molecular flexibility index (Phi) is 2.75. The van der Waals surface area contributed by atoms with E-state index in [-0.39, 0.29) is 5.56 Å². The summed E-state index contributed by atoms with van der Waals surface area (Å²) in [7, 11) is 0. The van der Waals surface area contributed by atoms with E-state index in [1.54, 1.807) is 25.3 Å². The van der Waals surface area contributed by atoms with Crippen LogP contribution in [0.5, 0.6) is 5.75 Å². The van der Waals surface area contributed by atoms with Gasteiger partial charge in [0.15, 0.2) is 17.3 Å². The smallest absolute Gasteiger partial charge is 0.198 e. The summed E-state index contributed by atoms with van der Waals surface area (Å²) >= 11 is 0. The lowest BCUT2D eigenvalue weighted by atomic mass is 9.98. The SMILES string of the molecule is Cc1ccc(O)c(F)c1C(=O)c1c[nH]c2ncccc12. The number of aryl methyl sites for hydroxylation is 1. The highest BCUT2D eigenvalue weighted by Crippen LogP contribution is 2.27. The van der Waals surface area contributed by atoms with Crippen LogP contribution in [0.3, 0.4) is 0 Å². The molecule has 0 amide bonds. The lowest BCUT2D eigenvalue weighted by Gasteiger charge is -2.07. The molecule has 3 rings (SSSR count). The molecule has 2 aromatic heterocycles. The standard InChI is InChI=1S/C15H11FN2O2/c1-8-4-5-11(19)13(16)12(8)14(20)10-7-18-15-9(10)3-2-6-17-15/h2-7,19H,1H3,(H,17,18). The van der Waals surface area contributed by atoms with Gasteiger partial charge in [-0.3, -0.25) is 4.79 Å². The fraction of sp³-hybridized carbons (Fsp3) is 0.0667. The average molecular weight is 270 g/mol. The largest absolute Gasteiger partial charge is 0.505 e. The highest BCUT2D eigenvalue weighted by Gasteiger charge is 2.22. The highest BCUT2D eigenvalue weighted by atomic mass is 19.1. The molecular formula is C15H11FN2O2. The first kappa shape index (κ1) is 12.3. The van der Waals surface area contributed by atoms with Crippen molar-refractivity contribution in [1.82, 2.24) is 9.97 Å². The minimum absolute atomic E-state index is 0.116. The second-order valence-electron chi connectivity index (χ2n) is 4.52. The number of phenols is 1. The van der Waals surface area contributed by atoms with Crippen molar-refractivity contribution in [3.05, 3.63) is 59.2 Å². The molecule has 0 aliphatic heterocycles. The zero-order valence-electron chi connectivity index (χ0n) is 10.6. The van der Waals surface area contributed by atoms with E-state index in [0.29, 0.717) is 22.2 Å². The molecule has 0 atom stereocenters. The molecule has 100 valence electrons. The van der Waals surface area contributed by atoms with Crippen molar-refractivity contribution in [2.45, 2.75) is 6.92 Å². The van der Waals surface area contributed by atoms with E-state index in [0.717, 1.165) is 0 Å². The van der Waals surface area contributed by atoms with Crippen molar-refractivity contribution >= 4 is 16.8 Å². The number of carbonyl (C=O) groups excluding carboxylic acids is 1. The summed E-state index contributed by atoms with van der Waals surface area (Å²) in [6.45, 7) is 1.63. The minimum atomic E-state index is -0.895. The summed E-state index contributed by atoms with van der Waals surface area (Å²) in [6, 6.07) is 6.19. The zero-order chi connectivity index (χ0) is 14.3. The molecule has 0 bridgehead atoms. The van der Waals surface area contributed by atoms with E-state index in [9.17, 15) is 14.3 Å². The van der Waals surface area contributed by atoms with Crippen molar-refractivity contribution in [3.8, 4) is 5.75 Å². The van der Waals surface area contributed by atoms with Gasteiger partial charge in [0.1, 0.15) is 5.65 Å². The number of rotatable bonds is 2. The maximum Gasteiger partial charge on any atom is 0.198 e. The van der Waals surface area contributed by atoms with Gasteiger partial charge in [-0.1, -0.05) is 6.07 Å². The predicted molar refractivity (Wildman–Crippen MR) is 72.3 cm³/mol. The summed E-state index contributed by atoms with van der Waals surface area (Å²) in [5, 5.41) is 10.1. The first-order valence-electron chi connectivity index (χ1n) is 6.04. The third kappa shape index (κ3) is 1.75. The summed E-state index contributed by atoms with van der Waals surface area (Å²) in [5.74, 6) is -1.90. The first-order valence-corrected chi connectivity index (χ1v) is 6.04. The van der Waals surface area contributed by atoms with Gasteiger partial charge in [-0.15, -0.1) is 0 Å². The maximum atomic E-state index is 14.0. The number of pyridine rings is 1. The number of benzene rings is 1. The Morgan fingerprint density at radius 2 is 2.15 bits per heavy atom. The average Bonchev–Trinajstić information content (AvgIpc) is 2.87. The number of aromatic amines is 1. The van der Waals surface area contributed by atoms with Crippen molar-refractivity contribution in [3.63, 3.8) is 0 Å². The van der Waals surface area contributed by atoms with Gasteiger partial charge < -0.3 is 10.1 Å². The Hall–Kier alpha value is -2.69. The van der Waals surface area contributed by atoms with Gasteiger partial charge in [0.2, 0.25) is 0 Å². The quantitative estimate of drug-likeness (QED) is 0.703. The molecule has 0 fully saturated rings. The van der Waals surface area contributed by atoms with Crippen LogP contribution in [0.15, 0.2) is 36.7 Å². The molecule has 0 radical (unpaired) electrons. The number of aromatic nitrogens is 2. The number of nitrogens with one attached hydrogen (secondary N) is 1. The molecule has 0 spiro atoms. The van der Waals surface area contributed by atoms with Crippen molar-refractivity contribution < 1.29 is 14.3 Å². The molecule has 20 heavy (non-hydrogen) atoms. The Bertz CT molecular complexity index is 824. The van der Waals surface area contributed by atoms with Gasteiger partial charge in [-0.25, -0.2) is 9.37 Å². The molecular weight excluding hydrogens is 259 g/mol. The van der Waals surface area contributed by atoms with Crippen molar-refractivity contribution in [2.75, 3.05) is 0 Å². The van der Waals surface area contributed by atoms with Gasteiger partial charge in [0, 0.05) is 23.3 Å². The molecule has 2 heterocycles. The summed E-state index contributed by atoms with van der Waals surface area (Å²) in [6.07, 6.45) is 3.11. The van der Waals surface area contributed by atoms with Crippen LogP contribution in [-0.4, -0.2) is 20.9 Å². The molecule has 1 aromatic carbocycles. The van der Waals surface area contributed by atoms with E-state index >= 15 is 0 Å². The molecule has 3 aromatic rings. The van der Waals surface area contributed by atoms with Crippen LogP contribution in [0.4, 0.5) is 4.39 Å². The maximum absolute atomic E-state index is 14.0. The number of carbonyl (C=O) groups is 1. The number of aromatic hydroxyl groups is 1. The van der Waals surface area contributed by atoms with Crippen LogP contribution in [0.25, 0.3) is 11.0 Å². The summed E-state index contributed by atoms with van der Waals surface area (Å²) in [5.41, 5.74) is 1.26. The van der Waals surface area contributed by atoms with E-state index in [1.807, 2.05) is 0 Å². The van der Waals surface area contributed by atoms with Gasteiger partial charge in [0.05, 0.1) is 5.56 Å². The minimum Gasteiger partial charge on any atom is -0.505 e. The Balaban J connectivity index is 2.21. The van der Waals surface area contributed by atoms with Crippen LogP contribution >= 0.6 is 0 Å². The normalized spacial score (nSPS) is 10.9. The lowest BCUT2D eigenvalue weighted by Crippen LogP contribution is -2.06. The monoisotopic (exact) mass is 270 g/mol. The van der Waals surface area contributed by atoms with E-state index in [2.05, 4.69) is 9.97 Å². The second kappa shape index (κ2) is 4.45. The Labute approximate surface area is 113 Å². The van der Waals surface area contributed by atoms with Crippen molar-refractivity contribution in [1.29, 1.82) is 0 Å². The number of nitrogens with zero attached hydrogens (tertiary/aromatic N) is 1. The number of phenolic OH excluding ortho intramolecular Hbond substituents is 1. The molecule has 2 N–H and O–H groups in total. The molecule has 5 heteroatoms. The fourth-order valence-corrected chi connectivity index (χ4v) is 2.22. The molecule has 4 nitrogen and oxygen atoms in total. The number of fused-ring (bicyclic) bond motifs is 1. The second-order valence-corrected chi connectivity index (χ2v) is 4.52. The van der Waals surface area contributed by atoms with Crippen LogP contribution in [0, 0.1) is 12.7 Å². The molecule has 0 aliphatic carbocycles. The summed E-state index contributed by atoms with van der Waals surface area (Å²) in [4.78, 5) is 19.5. The fourth-order valence-electron chi connectivity index (χ4n) is 2.22. The predicted octanol–water partition coefficient (Wildman–Crippen LogP) is 2.95. The molecule has 0 aliphatic rings. The van der Waals surface area contributed by atoms with Crippen LogP contribution < -0.4 is 0 Å². The summed E-state index contributed by atoms with van der Waals surface area (Å²) < 4.78 is 14.0. The highest BCUT2D eigenvalue weighted by molar-refractivity contribution is 6.16. The van der Waals surface area contributed by atoms with Gasteiger partial charge in [0.25, 0.3) is 0 Å². The molecule has 0 saturated heterocycles. The van der Waals surface area contributed by atoms with Crippen molar-refractivity contribution in [2.24, 2.45) is 0 Å². The van der Waals surface area contributed by atoms with Crippen LogP contribution in [0.1, 0.15) is 21.5 Å². The number of ketones is 1. The number of hydrogen-bond acceptors (Lipinski definition) is 3. The third-order valence-electron chi connectivity index (χ3n) is 3.25. The van der Waals surface area contributed by atoms with E-state index in [1.165, 1.54) is 18.3 Å². The Morgan fingerprint density at radius 1 is 1.35 bits per heavy atom. The molecule has 0 saturated carbocycles. The number of H-pyrrole nitrogens is 1. The topological polar surface area (TPSA) is 66.0 Å². The third-order valence-corrected chi connectivity index (χ3v) is 3.25. The van der Waals surface area contributed by atoms with E-state index < -0.39 is 17.3 Å². The van der Waals surface area contributed by atoms with Crippen LogP contribution in [0.2, 0.25) is 0 Å². The lowest BCUT2D eigenvalue weighted by molar-refractivity contribution is 0.103. The van der Waals surface area contributed by atoms with Gasteiger partial charge in [-0.05, 0) is 30.7 Å². The zero-order valence-corrected chi connectivity index (χ0v) is 10.6. The van der Waals surface area contributed by atoms with Gasteiger partial charge >= 0.3 is 0 Å². The Morgan fingerprint density at radius 3 is 2.95 bits per heavy atom. The number of hydrogen-bond donors (Lipinski definition) is 2. The van der Waals surface area contributed by atoms with E-state index in [4.69, 9.17) is 0 Å². The molecule has 0 unspecified atom stereocenters. The van der Waals surface area contributed by atoms with Crippen LogP contribution in [-0.2, 0) is 0 Å². The van der Waals surface area contributed by atoms with Gasteiger partial charge in [-0.2, -0.15) is 0 Å². The number of halogens is 1. The first-order chi connectivity index (χ1) is 9.59.